The molecule has 2 aromatic rings. The second kappa shape index (κ2) is 5.24. The maximum atomic E-state index is 12.3. The van der Waals surface area contributed by atoms with Gasteiger partial charge in [-0.25, -0.2) is 9.66 Å². The molecule has 0 fully saturated rings. The van der Waals surface area contributed by atoms with Crippen molar-refractivity contribution < 1.29 is 17.9 Å². The molecule has 0 aliphatic rings. The number of benzene rings is 1. The molecular formula is C12H11F3N4O. The van der Waals surface area contributed by atoms with Crippen LogP contribution in [0.3, 0.4) is 0 Å². The van der Waals surface area contributed by atoms with E-state index in [0.717, 1.165) is 0 Å². The van der Waals surface area contributed by atoms with Gasteiger partial charge in [0.05, 0.1) is 18.1 Å². The van der Waals surface area contributed by atoms with Crippen molar-refractivity contribution >= 4 is 12.2 Å². The van der Waals surface area contributed by atoms with Gasteiger partial charge in [0.15, 0.2) is 0 Å². The van der Waals surface area contributed by atoms with Crippen LogP contribution in [0.4, 0.5) is 19.1 Å². The normalized spacial score (nSPS) is 12.0. The van der Waals surface area contributed by atoms with E-state index in [0.29, 0.717) is 5.69 Å². The molecule has 0 saturated carbocycles. The summed E-state index contributed by atoms with van der Waals surface area (Å²) in [6.45, 7) is 1.73. The predicted octanol–water partition coefficient (Wildman–Crippen LogP) is 2.55. The summed E-state index contributed by atoms with van der Waals surface area (Å²) in [5.41, 5.74) is 6.40. The van der Waals surface area contributed by atoms with Gasteiger partial charge < -0.3 is 10.5 Å². The quantitative estimate of drug-likeness (QED) is 0.881. The van der Waals surface area contributed by atoms with E-state index in [-0.39, 0.29) is 17.3 Å². The van der Waals surface area contributed by atoms with Crippen LogP contribution in [-0.4, -0.2) is 22.2 Å². The first-order chi connectivity index (χ1) is 9.35. The van der Waals surface area contributed by atoms with Crippen LogP contribution in [0.2, 0.25) is 0 Å². The number of halogens is 3. The molecule has 0 atom stereocenters. The number of rotatable bonds is 3. The van der Waals surface area contributed by atoms with Crippen LogP contribution in [0.1, 0.15) is 11.3 Å². The number of aryl methyl sites for hydroxylation is 1. The van der Waals surface area contributed by atoms with Gasteiger partial charge in [-0.15, -0.1) is 13.2 Å². The van der Waals surface area contributed by atoms with Crippen LogP contribution in [0, 0.1) is 6.92 Å². The zero-order valence-electron chi connectivity index (χ0n) is 10.4. The number of ether oxygens (including phenoxy) is 1. The van der Waals surface area contributed by atoms with E-state index >= 15 is 0 Å². The molecule has 0 bridgehead atoms. The van der Waals surface area contributed by atoms with Crippen molar-refractivity contribution in [1.82, 2.24) is 9.66 Å². The van der Waals surface area contributed by atoms with Gasteiger partial charge in [0.1, 0.15) is 5.75 Å². The van der Waals surface area contributed by atoms with Gasteiger partial charge in [0.25, 0.3) is 0 Å². The largest absolute Gasteiger partial charge is 0.573 e. The van der Waals surface area contributed by atoms with Crippen molar-refractivity contribution in [2.45, 2.75) is 13.3 Å². The molecule has 1 aromatic heterocycles. The highest BCUT2D eigenvalue weighted by molar-refractivity contribution is 5.83. The standard InChI is InChI=1S/C12H11F3N4O/c1-8-7-19(11(16)18-8)17-6-9-4-2-3-5-10(9)20-12(13,14)15/h2-7H,1H3,(H2,16,18). The molecule has 0 aliphatic carbocycles. The number of hydrogen-bond acceptors (Lipinski definition) is 4. The zero-order chi connectivity index (χ0) is 14.8. The highest BCUT2D eigenvalue weighted by Gasteiger charge is 2.31. The summed E-state index contributed by atoms with van der Waals surface area (Å²) in [5.74, 6) is -0.188. The topological polar surface area (TPSA) is 65.4 Å². The van der Waals surface area contributed by atoms with Crippen LogP contribution in [0.25, 0.3) is 0 Å². The number of imidazole rings is 1. The number of alkyl halides is 3. The second-order valence-corrected chi connectivity index (χ2v) is 3.92. The first-order valence-electron chi connectivity index (χ1n) is 5.56. The minimum absolute atomic E-state index is 0.146. The van der Waals surface area contributed by atoms with Gasteiger partial charge in [0, 0.05) is 5.56 Å². The number of anilines is 1. The lowest BCUT2D eigenvalue weighted by Crippen LogP contribution is -2.18. The first-order valence-corrected chi connectivity index (χ1v) is 5.56. The monoisotopic (exact) mass is 284 g/mol. The Morgan fingerprint density at radius 2 is 2.05 bits per heavy atom. The number of nitrogen functional groups attached to an aromatic ring is 1. The fourth-order valence-corrected chi connectivity index (χ4v) is 1.53. The summed E-state index contributed by atoms with van der Waals surface area (Å²) in [4.78, 5) is 3.92. The molecule has 0 saturated heterocycles. The Morgan fingerprint density at radius 3 is 2.65 bits per heavy atom. The molecule has 0 amide bonds. The summed E-state index contributed by atoms with van der Waals surface area (Å²) >= 11 is 0. The summed E-state index contributed by atoms with van der Waals surface area (Å²) in [5, 5.41) is 3.94. The summed E-state index contributed by atoms with van der Waals surface area (Å²) in [6.07, 6.45) is -1.98. The number of hydrogen-bond donors (Lipinski definition) is 1. The smallest absolute Gasteiger partial charge is 0.405 e. The van der Waals surface area contributed by atoms with Crippen LogP contribution in [0.5, 0.6) is 5.75 Å². The molecule has 2 rings (SSSR count). The molecular weight excluding hydrogens is 273 g/mol. The number of aromatic nitrogens is 2. The average molecular weight is 284 g/mol. The number of nitrogens with two attached hydrogens (primary N) is 1. The summed E-state index contributed by atoms with van der Waals surface area (Å²) < 4.78 is 41.9. The van der Waals surface area contributed by atoms with E-state index in [4.69, 9.17) is 5.73 Å². The second-order valence-electron chi connectivity index (χ2n) is 3.92. The summed E-state index contributed by atoms with van der Waals surface area (Å²) in [7, 11) is 0. The fourth-order valence-electron chi connectivity index (χ4n) is 1.53. The van der Waals surface area contributed by atoms with E-state index in [1.165, 1.54) is 29.1 Å². The lowest BCUT2D eigenvalue weighted by atomic mass is 10.2. The molecule has 1 heterocycles. The molecule has 0 aliphatic heterocycles. The Morgan fingerprint density at radius 1 is 1.35 bits per heavy atom. The average Bonchev–Trinajstić information content (AvgIpc) is 2.65. The van der Waals surface area contributed by atoms with E-state index in [1.54, 1.807) is 19.2 Å². The molecule has 5 nitrogen and oxygen atoms in total. The molecule has 0 spiro atoms. The first kappa shape index (κ1) is 13.9. The van der Waals surface area contributed by atoms with Crippen molar-refractivity contribution in [2.24, 2.45) is 5.10 Å². The van der Waals surface area contributed by atoms with E-state index in [2.05, 4.69) is 14.8 Å². The van der Waals surface area contributed by atoms with Crippen LogP contribution in [-0.2, 0) is 0 Å². The Kier molecular flexibility index (Phi) is 3.64. The lowest BCUT2D eigenvalue weighted by molar-refractivity contribution is -0.274. The van der Waals surface area contributed by atoms with Crippen LogP contribution >= 0.6 is 0 Å². The van der Waals surface area contributed by atoms with Gasteiger partial charge in [0.2, 0.25) is 5.95 Å². The highest BCUT2D eigenvalue weighted by Crippen LogP contribution is 2.25. The third-order valence-corrected chi connectivity index (χ3v) is 2.30. The summed E-state index contributed by atoms with van der Waals surface area (Å²) in [6, 6.07) is 5.67. The van der Waals surface area contributed by atoms with Crippen molar-refractivity contribution in [3.8, 4) is 5.75 Å². The van der Waals surface area contributed by atoms with Gasteiger partial charge in [-0.2, -0.15) is 5.10 Å². The van der Waals surface area contributed by atoms with Gasteiger partial charge in [-0.05, 0) is 19.1 Å². The molecule has 106 valence electrons. The van der Waals surface area contributed by atoms with Gasteiger partial charge in [-0.1, -0.05) is 12.1 Å². The van der Waals surface area contributed by atoms with Crippen molar-refractivity contribution in [3.05, 3.63) is 41.7 Å². The van der Waals surface area contributed by atoms with E-state index < -0.39 is 6.36 Å². The molecule has 2 N–H and O–H groups in total. The van der Waals surface area contributed by atoms with Gasteiger partial charge in [-0.3, -0.25) is 0 Å². The lowest BCUT2D eigenvalue weighted by Gasteiger charge is -2.10. The maximum absolute atomic E-state index is 12.3. The van der Waals surface area contributed by atoms with E-state index in [1.807, 2.05) is 0 Å². The zero-order valence-corrected chi connectivity index (χ0v) is 10.4. The third-order valence-electron chi connectivity index (χ3n) is 2.30. The molecule has 0 unspecified atom stereocenters. The number of nitrogens with zero attached hydrogens (tertiary/aromatic N) is 3. The fraction of sp³-hybridized carbons (Fsp3) is 0.167. The van der Waals surface area contributed by atoms with Crippen LogP contribution < -0.4 is 10.5 Å². The van der Waals surface area contributed by atoms with Crippen molar-refractivity contribution in [1.29, 1.82) is 0 Å². The molecule has 0 radical (unpaired) electrons. The minimum Gasteiger partial charge on any atom is -0.405 e. The van der Waals surface area contributed by atoms with Crippen molar-refractivity contribution in [3.63, 3.8) is 0 Å². The predicted molar refractivity (Wildman–Crippen MR) is 67.5 cm³/mol. The SMILES string of the molecule is Cc1cn(N=Cc2ccccc2OC(F)(F)F)c(N)n1. The molecule has 1 aromatic carbocycles. The Hall–Kier alpha value is -2.51. The Labute approximate surface area is 112 Å². The minimum atomic E-state index is -4.76. The Bertz CT molecular complexity index is 634. The maximum Gasteiger partial charge on any atom is 0.573 e. The molecule has 8 heteroatoms. The molecule has 20 heavy (non-hydrogen) atoms. The Balaban J connectivity index is 2.27. The van der Waals surface area contributed by atoms with Crippen molar-refractivity contribution in [2.75, 3.05) is 5.73 Å². The van der Waals surface area contributed by atoms with Gasteiger partial charge >= 0.3 is 6.36 Å². The van der Waals surface area contributed by atoms with Crippen LogP contribution in [0.15, 0.2) is 35.6 Å². The highest BCUT2D eigenvalue weighted by atomic mass is 19.4. The number of para-hydroxylation sites is 1. The third kappa shape index (κ3) is 3.50. The van der Waals surface area contributed by atoms with E-state index in [9.17, 15) is 13.2 Å².